The highest BCUT2D eigenvalue weighted by molar-refractivity contribution is 4.91. The van der Waals surface area contributed by atoms with Gasteiger partial charge in [0.15, 0.2) is 0 Å². The minimum absolute atomic E-state index is 0.0787. The first-order valence-corrected chi connectivity index (χ1v) is 5.43. The van der Waals surface area contributed by atoms with Crippen LogP contribution >= 0.6 is 0 Å². The lowest BCUT2D eigenvalue weighted by atomic mass is 9.86. The van der Waals surface area contributed by atoms with Crippen molar-refractivity contribution in [2.75, 3.05) is 26.8 Å². The van der Waals surface area contributed by atoms with Gasteiger partial charge in [-0.3, -0.25) is 9.80 Å². The third kappa shape index (κ3) is 3.23. The van der Waals surface area contributed by atoms with Crippen molar-refractivity contribution in [1.82, 2.24) is 9.80 Å². The molecule has 84 valence electrons. The normalized spacial score (nSPS) is 21.9. The topological polar surface area (TPSA) is 32.5 Å². The Morgan fingerprint density at radius 1 is 1.14 bits per heavy atom. The number of likely N-dealkylation sites (N-methyl/N-ethyl adjacent to an activating group) is 1. The third-order valence-corrected chi connectivity index (χ3v) is 2.91. The summed E-state index contributed by atoms with van der Waals surface area (Å²) >= 11 is 0. The second kappa shape index (κ2) is 3.80. The standard InChI is InChI=1S/C11H25N3/c1-10(2,12)8-11(3,4)14-7-6-13(5)9-14/h6-9,12H2,1-5H3. The van der Waals surface area contributed by atoms with Gasteiger partial charge in [0, 0.05) is 24.2 Å². The molecule has 0 aromatic heterocycles. The molecule has 3 heteroatoms. The maximum atomic E-state index is 6.08. The van der Waals surface area contributed by atoms with E-state index in [9.17, 15) is 0 Å². The summed E-state index contributed by atoms with van der Waals surface area (Å²) < 4.78 is 0. The molecule has 0 aliphatic carbocycles. The lowest BCUT2D eigenvalue weighted by molar-refractivity contribution is 0.103. The summed E-state index contributed by atoms with van der Waals surface area (Å²) in [6, 6.07) is 0. The van der Waals surface area contributed by atoms with Gasteiger partial charge in [-0.1, -0.05) is 0 Å². The van der Waals surface area contributed by atoms with Crippen LogP contribution in [0.15, 0.2) is 0 Å². The summed E-state index contributed by atoms with van der Waals surface area (Å²) in [5, 5.41) is 0. The van der Waals surface area contributed by atoms with Gasteiger partial charge < -0.3 is 5.73 Å². The van der Waals surface area contributed by atoms with Crippen LogP contribution in [0.1, 0.15) is 34.1 Å². The maximum Gasteiger partial charge on any atom is 0.0509 e. The molecule has 2 N–H and O–H groups in total. The van der Waals surface area contributed by atoms with Crippen molar-refractivity contribution in [2.24, 2.45) is 5.73 Å². The number of hydrogen-bond donors (Lipinski definition) is 1. The second-order valence-electron chi connectivity index (χ2n) is 5.96. The van der Waals surface area contributed by atoms with Gasteiger partial charge in [0.2, 0.25) is 0 Å². The summed E-state index contributed by atoms with van der Waals surface area (Å²) in [4.78, 5) is 4.87. The molecule has 1 rings (SSSR count). The summed E-state index contributed by atoms with van der Waals surface area (Å²) in [5.74, 6) is 0. The molecule has 0 aromatic rings. The third-order valence-electron chi connectivity index (χ3n) is 2.91. The molecule has 0 bridgehead atoms. The fraction of sp³-hybridized carbons (Fsp3) is 1.00. The Bertz CT molecular complexity index is 193. The average molecular weight is 199 g/mol. The van der Waals surface area contributed by atoms with E-state index in [0.29, 0.717) is 0 Å². The molecule has 0 spiro atoms. The molecular weight excluding hydrogens is 174 g/mol. The molecule has 14 heavy (non-hydrogen) atoms. The fourth-order valence-electron chi connectivity index (χ4n) is 2.45. The van der Waals surface area contributed by atoms with Crippen LogP contribution in [0.4, 0.5) is 0 Å². The molecule has 0 saturated carbocycles. The van der Waals surface area contributed by atoms with E-state index in [2.05, 4.69) is 44.5 Å². The molecule has 3 nitrogen and oxygen atoms in total. The van der Waals surface area contributed by atoms with Crippen molar-refractivity contribution in [2.45, 2.75) is 45.2 Å². The highest BCUT2D eigenvalue weighted by atomic mass is 15.4. The van der Waals surface area contributed by atoms with Crippen molar-refractivity contribution < 1.29 is 0 Å². The van der Waals surface area contributed by atoms with Gasteiger partial charge in [0.05, 0.1) is 6.67 Å². The van der Waals surface area contributed by atoms with Crippen LogP contribution in [0.25, 0.3) is 0 Å². The van der Waals surface area contributed by atoms with Gasteiger partial charge in [-0.15, -0.1) is 0 Å². The highest BCUT2D eigenvalue weighted by Gasteiger charge is 2.34. The predicted octanol–water partition coefficient (Wildman–Crippen LogP) is 1.10. The lowest BCUT2D eigenvalue weighted by Gasteiger charge is -2.39. The summed E-state index contributed by atoms with van der Waals surface area (Å²) in [6.45, 7) is 12.2. The fourth-order valence-corrected chi connectivity index (χ4v) is 2.45. The van der Waals surface area contributed by atoms with Crippen LogP contribution < -0.4 is 5.73 Å². The summed E-state index contributed by atoms with van der Waals surface area (Å²) in [5.41, 5.74) is 6.22. The minimum atomic E-state index is -0.0787. The Morgan fingerprint density at radius 3 is 2.07 bits per heavy atom. The van der Waals surface area contributed by atoms with Crippen molar-refractivity contribution in [3.8, 4) is 0 Å². The van der Waals surface area contributed by atoms with E-state index in [0.717, 1.165) is 13.1 Å². The molecule has 0 amide bonds. The van der Waals surface area contributed by atoms with Gasteiger partial charge in [-0.25, -0.2) is 0 Å². The van der Waals surface area contributed by atoms with E-state index in [4.69, 9.17) is 5.73 Å². The van der Waals surface area contributed by atoms with E-state index in [1.807, 2.05) is 0 Å². The molecule has 0 unspecified atom stereocenters. The Morgan fingerprint density at radius 2 is 1.71 bits per heavy atom. The highest BCUT2D eigenvalue weighted by Crippen LogP contribution is 2.26. The largest absolute Gasteiger partial charge is 0.325 e. The predicted molar refractivity (Wildman–Crippen MR) is 61.2 cm³/mol. The summed E-state index contributed by atoms with van der Waals surface area (Å²) in [6.07, 6.45) is 1.04. The van der Waals surface area contributed by atoms with E-state index < -0.39 is 0 Å². The van der Waals surface area contributed by atoms with Gasteiger partial charge in [-0.05, 0) is 41.2 Å². The lowest BCUT2D eigenvalue weighted by Crippen LogP contribution is -2.50. The first-order chi connectivity index (χ1) is 6.21. The zero-order valence-electron chi connectivity index (χ0n) is 10.3. The van der Waals surface area contributed by atoms with Gasteiger partial charge in [-0.2, -0.15) is 0 Å². The zero-order valence-corrected chi connectivity index (χ0v) is 10.3. The van der Waals surface area contributed by atoms with Gasteiger partial charge >= 0.3 is 0 Å². The molecule has 0 aromatic carbocycles. The summed E-state index contributed by atoms with van der Waals surface area (Å²) in [7, 11) is 2.17. The Balaban J connectivity index is 2.56. The molecule has 0 radical (unpaired) electrons. The Labute approximate surface area is 88.2 Å². The number of rotatable bonds is 3. The number of hydrogen-bond acceptors (Lipinski definition) is 3. The van der Waals surface area contributed by atoms with Crippen LogP contribution in [-0.2, 0) is 0 Å². The Kier molecular flexibility index (Phi) is 3.24. The van der Waals surface area contributed by atoms with E-state index in [1.165, 1.54) is 13.1 Å². The quantitative estimate of drug-likeness (QED) is 0.739. The molecule has 1 fully saturated rings. The molecule has 0 atom stereocenters. The van der Waals surface area contributed by atoms with Crippen molar-refractivity contribution in [1.29, 1.82) is 0 Å². The van der Waals surface area contributed by atoms with E-state index >= 15 is 0 Å². The molecular formula is C11H25N3. The van der Waals surface area contributed by atoms with E-state index in [-0.39, 0.29) is 11.1 Å². The SMILES string of the molecule is CN1CCN(C(C)(C)CC(C)(C)N)C1. The smallest absolute Gasteiger partial charge is 0.0509 e. The van der Waals surface area contributed by atoms with Gasteiger partial charge in [0.1, 0.15) is 0 Å². The van der Waals surface area contributed by atoms with Crippen LogP contribution in [0.2, 0.25) is 0 Å². The molecule has 1 saturated heterocycles. The first kappa shape index (κ1) is 12.0. The molecule has 1 aliphatic rings. The van der Waals surface area contributed by atoms with E-state index in [1.54, 1.807) is 0 Å². The van der Waals surface area contributed by atoms with Crippen LogP contribution in [0.3, 0.4) is 0 Å². The van der Waals surface area contributed by atoms with Crippen LogP contribution in [0, 0.1) is 0 Å². The van der Waals surface area contributed by atoms with Crippen LogP contribution in [-0.4, -0.2) is 47.7 Å². The second-order valence-corrected chi connectivity index (χ2v) is 5.96. The minimum Gasteiger partial charge on any atom is -0.325 e. The number of nitrogens with two attached hydrogens (primary N) is 1. The molecule has 1 heterocycles. The van der Waals surface area contributed by atoms with Gasteiger partial charge in [0.25, 0.3) is 0 Å². The van der Waals surface area contributed by atoms with Crippen molar-refractivity contribution >= 4 is 0 Å². The Hall–Kier alpha value is -0.120. The van der Waals surface area contributed by atoms with Crippen molar-refractivity contribution in [3.63, 3.8) is 0 Å². The van der Waals surface area contributed by atoms with Crippen molar-refractivity contribution in [3.05, 3.63) is 0 Å². The zero-order chi connectivity index (χ0) is 11.0. The first-order valence-electron chi connectivity index (χ1n) is 5.43. The molecule has 1 aliphatic heterocycles. The maximum absolute atomic E-state index is 6.08. The monoisotopic (exact) mass is 199 g/mol. The average Bonchev–Trinajstić information content (AvgIpc) is 2.29. The number of nitrogens with zero attached hydrogens (tertiary/aromatic N) is 2. The van der Waals surface area contributed by atoms with Crippen LogP contribution in [0.5, 0.6) is 0 Å².